The maximum atomic E-state index is 11.2. The molecule has 0 aliphatic carbocycles. The number of nitrogens with one attached hydrogen (secondary N) is 1. The molecular formula is C11H12N4O4. The highest BCUT2D eigenvalue weighted by molar-refractivity contribution is 5.87. The average Bonchev–Trinajstić information content (AvgIpc) is 2.68. The summed E-state index contributed by atoms with van der Waals surface area (Å²) in [5.74, 6) is -0.569. The standard InChI is InChI=1S/C11H12N4O4/c1-11(2,9(12)16)14-10-13-7-5-6(15(17)18)3-4-8(7)19-10/h3-5H,1-2H3,(H2,12,16)(H,13,14). The number of oxazole rings is 1. The van der Waals surface area contributed by atoms with Crippen LogP contribution in [0.2, 0.25) is 0 Å². The summed E-state index contributed by atoms with van der Waals surface area (Å²) in [7, 11) is 0. The van der Waals surface area contributed by atoms with Crippen molar-refractivity contribution in [1.29, 1.82) is 0 Å². The zero-order chi connectivity index (χ0) is 14.2. The molecule has 0 bridgehead atoms. The van der Waals surface area contributed by atoms with E-state index in [1.807, 2.05) is 0 Å². The van der Waals surface area contributed by atoms with Crippen molar-refractivity contribution in [2.45, 2.75) is 19.4 Å². The van der Waals surface area contributed by atoms with Crippen LogP contribution in [0.25, 0.3) is 11.1 Å². The molecule has 0 unspecified atom stereocenters. The van der Waals surface area contributed by atoms with Crippen LogP contribution < -0.4 is 11.1 Å². The van der Waals surface area contributed by atoms with Gasteiger partial charge in [0.05, 0.1) is 4.92 Å². The van der Waals surface area contributed by atoms with Gasteiger partial charge in [0, 0.05) is 12.1 Å². The molecule has 2 aromatic rings. The molecule has 2 rings (SSSR count). The molecule has 1 aromatic carbocycles. The predicted octanol–water partition coefficient (Wildman–Crippen LogP) is 1.41. The van der Waals surface area contributed by atoms with Crippen LogP contribution in [0.4, 0.5) is 11.7 Å². The maximum Gasteiger partial charge on any atom is 0.296 e. The van der Waals surface area contributed by atoms with E-state index in [-0.39, 0.29) is 11.7 Å². The van der Waals surface area contributed by atoms with Crippen molar-refractivity contribution in [2.75, 3.05) is 5.32 Å². The van der Waals surface area contributed by atoms with Gasteiger partial charge < -0.3 is 15.5 Å². The van der Waals surface area contributed by atoms with Crippen LogP contribution in [0, 0.1) is 10.1 Å². The molecule has 3 N–H and O–H groups in total. The summed E-state index contributed by atoms with van der Waals surface area (Å²) >= 11 is 0. The highest BCUT2D eigenvalue weighted by Gasteiger charge is 2.26. The summed E-state index contributed by atoms with van der Waals surface area (Å²) in [5.41, 5.74) is 4.81. The molecule has 1 heterocycles. The van der Waals surface area contributed by atoms with Gasteiger partial charge in [0.1, 0.15) is 11.1 Å². The monoisotopic (exact) mass is 264 g/mol. The molecule has 0 spiro atoms. The normalized spacial score (nSPS) is 11.5. The molecule has 100 valence electrons. The number of nitro benzene ring substituents is 1. The molecule has 1 aromatic heterocycles. The van der Waals surface area contributed by atoms with Gasteiger partial charge in [-0.25, -0.2) is 0 Å². The SMILES string of the molecule is CC(C)(Nc1nc2cc([N+](=O)[O-])ccc2o1)C(N)=O. The molecule has 0 atom stereocenters. The Balaban J connectivity index is 2.37. The lowest BCUT2D eigenvalue weighted by atomic mass is 10.1. The first-order valence-corrected chi connectivity index (χ1v) is 5.43. The van der Waals surface area contributed by atoms with Gasteiger partial charge in [0.15, 0.2) is 5.58 Å². The molecule has 19 heavy (non-hydrogen) atoms. The minimum Gasteiger partial charge on any atom is -0.424 e. The summed E-state index contributed by atoms with van der Waals surface area (Å²) in [4.78, 5) is 25.3. The smallest absolute Gasteiger partial charge is 0.296 e. The number of carbonyl (C=O) groups is 1. The number of carbonyl (C=O) groups excluding carboxylic acids is 1. The van der Waals surface area contributed by atoms with Crippen LogP contribution in [0.1, 0.15) is 13.8 Å². The van der Waals surface area contributed by atoms with E-state index >= 15 is 0 Å². The first-order valence-electron chi connectivity index (χ1n) is 5.43. The molecule has 0 aliphatic rings. The van der Waals surface area contributed by atoms with Crippen molar-refractivity contribution < 1.29 is 14.1 Å². The predicted molar refractivity (Wildman–Crippen MR) is 67.6 cm³/mol. The molecular weight excluding hydrogens is 252 g/mol. The highest BCUT2D eigenvalue weighted by atomic mass is 16.6. The zero-order valence-corrected chi connectivity index (χ0v) is 10.3. The Hall–Kier alpha value is -2.64. The first-order chi connectivity index (χ1) is 8.79. The molecule has 0 aliphatic heterocycles. The first kappa shape index (κ1) is 12.8. The number of nitrogens with zero attached hydrogens (tertiary/aromatic N) is 2. The number of nitro groups is 1. The third-order valence-electron chi connectivity index (χ3n) is 2.62. The Morgan fingerprint density at radius 3 is 2.79 bits per heavy atom. The fraction of sp³-hybridized carbons (Fsp3) is 0.273. The molecule has 1 amide bonds. The van der Waals surface area contributed by atoms with Gasteiger partial charge in [-0.2, -0.15) is 4.98 Å². The largest absolute Gasteiger partial charge is 0.424 e. The third-order valence-corrected chi connectivity index (χ3v) is 2.62. The molecule has 0 radical (unpaired) electrons. The van der Waals surface area contributed by atoms with Crippen LogP contribution in [0.15, 0.2) is 22.6 Å². The van der Waals surface area contributed by atoms with Gasteiger partial charge in [-0.15, -0.1) is 0 Å². The fourth-order valence-electron chi connectivity index (χ4n) is 1.41. The van der Waals surface area contributed by atoms with Crippen molar-refractivity contribution in [3.63, 3.8) is 0 Å². The summed E-state index contributed by atoms with van der Waals surface area (Å²) in [6.45, 7) is 3.15. The summed E-state index contributed by atoms with van der Waals surface area (Å²) in [5, 5.41) is 13.4. The van der Waals surface area contributed by atoms with E-state index in [9.17, 15) is 14.9 Å². The molecule has 8 heteroatoms. The number of non-ortho nitro benzene ring substituents is 1. The summed E-state index contributed by atoms with van der Waals surface area (Å²) in [6, 6.07) is 4.14. The second-order valence-electron chi connectivity index (χ2n) is 4.54. The van der Waals surface area contributed by atoms with Gasteiger partial charge in [0.25, 0.3) is 11.7 Å². The number of amides is 1. The Bertz CT molecular complexity index is 662. The van der Waals surface area contributed by atoms with E-state index in [2.05, 4.69) is 10.3 Å². The van der Waals surface area contributed by atoms with E-state index in [4.69, 9.17) is 10.2 Å². The number of hydrogen-bond donors (Lipinski definition) is 2. The number of fused-ring (bicyclic) bond motifs is 1. The Kier molecular flexibility index (Phi) is 2.85. The van der Waals surface area contributed by atoms with Crippen LogP contribution in [-0.4, -0.2) is 21.4 Å². The van der Waals surface area contributed by atoms with E-state index in [0.717, 1.165) is 0 Å². The highest BCUT2D eigenvalue weighted by Crippen LogP contribution is 2.24. The Morgan fingerprint density at radius 2 is 2.21 bits per heavy atom. The van der Waals surface area contributed by atoms with Crippen molar-refractivity contribution in [3.05, 3.63) is 28.3 Å². The van der Waals surface area contributed by atoms with Crippen molar-refractivity contribution in [3.8, 4) is 0 Å². The van der Waals surface area contributed by atoms with Gasteiger partial charge >= 0.3 is 0 Å². The molecule has 8 nitrogen and oxygen atoms in total. The summed E-state index contributed by atoms with van der Waals surface area (Å²) < 4.78 is 5.34. The van der Waals surface area contributed by atoms with Gasteiger partial charge in [0.2, 0.25) is 5.91 Å². The number of hydrogen-bond acceptors (Lipinski definition) is 6. The molecule has 0 saturated carbocycles. The van der Waals surface area contributed by atoms with Gasteiger partial charge in [-0.1, -0.05) is 0 Å². The van der Waals surface area contributed by atoms with Crippen LogP contribution in [0.5, 0.6) is 0 Å². The second-order valence-corrected chi connectivity index (χ2v) is 4.54. The minimum atomic E-state index is -1.03. The topological polar surface area (TPSA) is 124 Å². The number of rotatable bonds is 4. The molecule has 0 fully saturated rings. The Morgan fingerprint density at radius 1 is 1.53 bits per heavy atom. The van der Waals surface area contributed by atoms with Crippen LogP contribution in [0.3, 0.4) is 0 Å². The lowest BCUT2D eigenvalue weighted by Crippen LogP contribution is -2.45. The van der Waals surface area contributed by atoms with E-state index in [0.29, 0.717) is 11.1 Å². The van der Waals surface area contributed by atoms with Gasteiger partial charge in [-0.3, -0.25) is 14.9 Å². The van der Waals surface area contributed by atoms with E-state index < -0.39 is 16.4 Å². The Labute approximate surface area is 107 Å². The van der Waals surface area contributed by atoms with E-state index in [1.165, 1.54) is 18.2 Å². The number of anilines is 1. The number of nitrogens with two attached hydrogens (primary N) is 1. The lowest BCUT2D eigenvalue weighted by Gasteiger charge is -2.20. The molecule has 0 saturated heterocycles. The van der Waals surface area contributed by atoms with E-state index in [1.54, 1.807) is 13.8 Å². The van der Waals surface area contributed by atoms with Gasteiger partial charge in [-0.05, 0) is 19.9 Å². The number of aromatic nitrogens is 1. The second kappa shape index (κ2) is 4.23. The van der Waals surface area contributed by atoms with Crippen LogP contribution in [-0.2, 0) is 4.79 Å². The van der Waals surface area contributed by atoms with Crippen molar-refractivity contribution in [1.82, 2.24) is 4.98 Å². The summed E-state index contributed by atoms with van der Waals surface area (Å²) in [6.07, 6.45) is 0. The average molecular weight is 264 g/mol. The third kappa shape index (κ3) is 2.46. The quantitative estimate of drug-likeness (QED) is 0.635. The number of primary amides is 1. The van der Waals surface area contributed by atoms with Crippen molar-refractivity contribution >= 4 is 28.7 Å². The minimum absolute atomic E-state index is 0.0819. The number of benzene rings is 1. The zero-order valence-electron chi connectivity index (χ0n) is 10.3. The lowest BCUT2D eigenvalue weighted by molar-refractivity contribution is -0.384. The van der Waals surface area contributed by atoms with Crippen LogP contribution >= 0.6 is 0 Å². The van der Waals surface area contributed by atoms with Crippen molar-refractivity contribution in [2.24, 2.45) is 5.73 Å². The maximum absolute atomic E-state index is 11.2. The fourth-order valence-corrected chi connectivity index (χ4v) is 1.41.